The summed E-state index contributed by atoms with van der Waals surface area (Å²) < 4.78 is 5.59. The third kappa shape index (κ3) is 9.16. The van der Waals surface area contributed by atoms with Crippen molar-refractivity contribution in [3.63, 3.8) is 0 Å². The SMILES string of the molecule is CN=C(NCCCOCC(C)C)NCC1CCCN(C(C)C)C1. The van der Waals surface area contributed by atoms with Crippen molar-refractivity contribution in [1.29, 1.82) is 0 Å². The molecule has 5 nitrogen and oxygen atoms in total. The fourth-order valence-corrected chi connectivity index (χ4v) is 2.89. The standard InChI is InChI=1S/C18H38N4O/c1-15(2)14-23-11-7-9-20-18(19-5)21-12-17-8-6-10-22(13-17)16(3)4/h15-17H,6-14H2,1-5H3,(H2,19,20,21). The van der Waals surface area contributed by atoms with Crippen molar-refractivity contribution >= 4 is 5.96 Å². The Bertz CT molecular complexity index is 331. The van der Waals surface area contributed by atoms with E-state index in [4.69, 9.17) is 4.74 Å². The summed E-state index contributed by atoms with van der Waals surface area (Å²) in [7, 11) is 1.84. The first-order chi connectivity index (χ1) is 11.0. The van der Waals surface area contributed by atoms with Crippen LogP contribution in [0.1, 0.15) is 47.0 Å². The van der Waals surface area contributed by atoms with Gasteiger partial charge in [-0.05, 0) is 51.5 Å². The van der Waals surface area contributed by atoms with Crippen LogP contribution >= 0.6 is 0 Å². The molecular formula is C18H38N4O. The van der Waals surface area contributed by atoms with E-state index in [-0.39, 0.29) is 0 Å². The van der Waals surface area contributed by atoms with Gasteiger partial charge in [-0.3, -0.25) is 4.99 Å². The molecule has 0 aromatic rings. The molecular weight excluding hydrogens is 288 g/mol. The van der Waals surface area contributed by atoms with Gasteiger partial charge >= 0.3 is 0 Å². The monoisotopic (exact) mass is 326 g/mol. The minimum absolute atomic E-state index is 0.610. The summed E-state index contributed by atoms with van der Waals surface area (Å²) in [6, 6.07) is 0.654. The summed E-state index contributed by atoms with van der Waals surface area (Å²) in [5.41, 5.74) is 0. The lowest BCUT2D eigenvalue weighted by Gasteiger charge is -2.35. The van der Waals surface area contributed by atoms with Crippen molar-refractivity contribution in [3.05, 3.63) is 0 Å². The van der Waals surface area contributed by atoms with Crippen LogP contribution in [0.3, 0.4) is 0 Å². The van der Waals surface area contributed by atoms with Crippen molar-refractivity contribution in [2.75, 3.05) is 46.4 Å². The lowest BCUT2D eigenvalue weighted by molar-refractivity contribution is 0.108. The fourth-order valence-electron chi connectivity index (χ4n) is 2.89. The molecule has 5 heteroatoms. The first kappa shape index (κ1) is 20.2. The van der Waals surface area contributed by atoms with E-state index in [9.17, 15) is 0 Å². The molecule has 0 aliphatic carbocycles. The third-order valence-electron chi connectivity index (χ3n) is 4.27. The van der Waals surface area contributed by atoms with E-state index in [0.29, 0.717) is 12.0 Å². The van der Waals surface area contributed by atoms with Crippen molar-refractivity contribution < 1.29 is 4.74 Å². The number of rotatable bonds is 9. The Labute approximate surface area is 143 Å². The molecule has 1 fully saturated rings. The number of piperidine rings is 1. The van der Waals surface area contributed by atoms with Gasteiger partial charge in [-0.25, -0.2) is 0 Å². The van der Waals surface area contributed by atoms with Crippen LogP contribution in [0, 0.1) is 11.8 Å². The lowest BCUT2D eigenvalue weighted by Crippen LogP contribution is -2.46. The van der Waals surface area contributed by atoms with E-state index in [1.165, 1.54) is 25.9 Å². The Morgan fingerprint density at radius 3 is 2.70 bits per heavy atom. The predicted molar refractivity (Wildman–Crippen MR) is 99.1 cm³/mol. The molecule has 1 aliphatic rings. The molecule has 0 spiro atoms. The van der Waals surface area contributed by atoms with E-state index < -0.39 is 0 Å². The first-order valence-corrected chi connectivity index (χ1v) is 9.29. The first-order valence-electron chi connectivity index (χ1n) is 9.29. The molecule has 1 rings (SSSR count). The number of guanidine groups is 1. The summed E-state index contributed by atoms with van der Waals surface area (Å²) in [4.78, 5) is 6.89. The molecule has 0 amide bonds. The van der Waals surface area contributed by atoms with E-state index in [1.807, 2.05) is 7.05 Å². The minimum atomic E-state index is 0.610. The molecule has 1 heterocycles. The Morgan fingerprint density at radius 1 is 1.26 bits per heavy atom. The zero-order valence-electron chi connectivity index (χ0n) is 15.9. The summed E-state index contributed by atoms with van der Waals surface area (Å²) in [5.74, 6) is 2.24. The van der Waals surface area contributed by atoms with Crippen LogP contribution < -0.4 is 10.6 Å². The molecule has 1 saturated heterocycles. The Kier molecular flexibility index (Phi) is 10.3. The van der Waals surface area contributed by atoms with Gasteiger partial charge in [0.25, 0.3) is 0 Å². The minimum Gasteiger partial charge on any atom is -0.381 e. The van der Waals surface area contributed by atoms with Crippen molar-refractivity contribution in [1.82, 2.24) is 15.5 Å². The maximum atomic E-state index is 5.59. The lowest BCUT2D eigenvalue weighted by atomic mass is 9.97. The van der Waals surface area contributed by atoms with Crippen molar-refractivity contribution in [2.24, 2.45) is 16.8 Å². The Morgan fingerprint density at radius 2 is 2.04 bits per heavy atom. The summed E-state index contributed by atoms with van der Waals surface area (Å²) >= 11 is 0. The molecule has 0 bridgehead atoms. The predicted octanol–water partition coefficient (Wildman–Crippen LogP) is 2.33. The van der Waals surface area contributed by atoms with Gasteiger partial charge in [-0.1, -0.05) is 13.8 Å². The molecule has 0 radical (unpaired) electrons. The molecule has 1 aliphatic heterocycles. The quantitative estimate of drug-likeness (QED) is 0.388. The smallest absolute Gasteiger partial charge is 0.190 e. The second-order valence-corrected chi connectivity index (χ2v) is 7.30. The number of likely N-dealkylation sites (tertiary alicyclic amines) is 1. The maximum Gasteiger partial charge on any atom is 0.190 e. The van der Waals surface area contributed by atoms with Crippen LogP contribution in [0.5, 0.6) is 0 Å². The van der Waals surface area contributed by atoms with Crippen LogP contribution in [-0.2, 0) is 4.74 Å². The van der Waals surface area contributed by atoms with Gasteiger partial charge in [0, 0.05) is 45.9 Å². The fraction of sp³-hybridized carbons (Fsp3) is 0.944. The third-order valence-corrected chi connectivity index (χ3v) is 4.27. The Balaban J connectivity index is 2.14. The van der Waals surface area contributed by atoms with Crippen molar-refractivity contribution in [2.45, 2.75) is 53.0 Å². The highest BCUT2D eigenvalue weighted by Gasteiger charge is 2.21. The Hall–Kier alpha value is -0.810. The number of ether oxygens (including phenoxy) is 1. The topological polar surface area (TPSA) is 48.9 Å². The van der Waals surface area contributed by atoms with E-state index in [0.717, 1.165) is 44.6 Å². The highest BCUT2D eigenvalue weighted by molar-refractivity contribution is 5.79. The van der Waals surface area contributed by atoms with Gasteiger partial charge < -0.3 is 20.3 Å². The van der Waals surface area contributed by atoms with Crippen molar-refractivity contribution in [3.8, 4) is 0 Å². The van der Waals surface area contributed by atoms with Gasteiger partial charge in [-0.2, -0.15) is 0 Å². The van der Waals surface area contributed by atoms with Crippen LogP contribution in [0.25, 0.3) is 0 Å². The van der Waals surface area contributed by atoms with E-state index in [1.54, 1.807) is 0 Å². The molecule has 0 aromatic carbocycles. The van der Waals surface area contributed by atoms with Crippen LogP contribution in [-0.4, -0.2) is 63.3 Å². The highest BCUT2D eigenvalue weighted by Crippen LogP contribution is 2.17. The molecule has 0 saturated carbocycles. The highest BCUT2D eigenvalue weighted by atomic mass is 16.5. The summed E-state index contributed by atoms with van der Waals surface area (Å²) in [6.45, 7) is 14.9. The zero-order chi connectivity index (χ0) is 17.1. The second kappa shape index (κ2) is 11.7. The average Bonchev–Trinajstić information content (AvgIpc) is 2.53. The number of hydrogen-bond acceptors (Lipinski definition) is 3. The second-order valence-electron chi connectivity index (χ2n) is 7.30. The molecule has 23 heavy (non-hydrogen) atoms. The van der Waals surface area contributed by atoms with Crippen LogP contribution in [0.2, 0.25) is 0 Å². The van der Waals surface area contributed by atoms with Gasteiger partial charge in [0.05, 0.1) is 0 Å². The largest absolute Gasteiger partial charge is 0.381 e. The number of nitrogens with zero attached hydrogens (tertiary/aromatic N) is 2. The molecule has 136 valence electrons. The van der Waals surface area contributed by atoms with Crippen LogP contribution in [0.15, 0.2) is 4.99 Å². The molecule has 1 unspecified atom stereocenters. The van der Waals surface area contributed by atoms with Crippen LogP contribution in [0.4, 0.5) is 0 Å². The van der Waals surface area contributed by atoms with Gasteiger partial charge in [0.2, 0.25) is 0 Å². The molecule has 2 N–H and O–H groups in total. The number of nitrogens with one attached hydrogen (secondary N) is 2. The normalized spacial score (nSPS) is 20.3. The average molecular weight is 327 g/mol. The van der Waals surface area contributed by atoms with E-state index >= 15 is 0 Å². The zero-order valence-corrected chi connectivity index (χ0v) is 15.9. The molecule has 0 aromatic heterocycles. The summed E-state index contributed by atoms with van der Waals surface area (Å²) in [5, 5.41) is 6.86. The number of aliphatic imine (C=N–C) groups is 1. The maximum absolute atomic E-state index is 5.59. The van der Waals surface area contributed by atoms with Gasteiger partial charge in [-0.15, -0.1) is 0 Å². The number of hydrogen-bond donors (Lipinski definition) is 2. The van der Waals surface area contributed by atoms with Gasteiger partial charge in [0.15, 0.2) is 5.96 Å². The van der Waals surface area contributed by atoms with E-state index in [2.05, 4.69) is 48.2 Å². The van der Waals surface area contributed by atoms with Gasteiger partial charge in [0.1, 0.15) is 0 Å². The molecule has 1 atom stereocenters. The summed E-state index contributed by atoms with van der Waals surface area (Å²) in [6.07, 6.45) is 3.64.